The molecule has 0 saturated carbocycles. The Kier molecular flexibility index (Phi) is 5.15. The Morgan fingerprint density at radius 1 is 1.35 bits per heavy atom. The lowest BCUT2D eigenvalue weighted by Crippen LogP contribution is -2.20. The summed E-state index contributed by atoms with van der Waals surface area (Å²) in [7, 11) is 3.65. The molecule has 1 aromatic carbocycles. The average molecular weight is 335 g/mol. The van der Waals surface area contributed by atoms with Gasteiger partial charge in [-0.3, -0.25) is 4.98 Å². The van der Waals surface area contributed by atoms with Gasteiger partial charge in [0, 0.05) is 28.8 Å². The standard InChI is InChI=1S/C16H19BrN2O/c1-11-5-4-8-19-15(11)10-16(18-2)13-9-12(20-3)6-7-14(13)17/h4-9,16,18H,10H2,1-3H3. The van der Waals surface area contributed by atoms with E-state index in [2.05, 4.69) is 45.3 Å². The molecule has 1 N–H and O–H groups in total. The molecule has 0 aliphatic carbocycles. The van der Waals surface area contributed by atoms with Crippen molar-refractivity contribution in [1.82, 2.24) is 10.3 Å². The number of halogens is 1. The molecular weight excluding hydrogens is 316 g/mol. The zero-order chi connectivity index (χ0) is 14.5. The van der Waals surface area contributed by atoms with Crippen LogP contribution in [0.1, 0.15) is 22.9 Å². The van der Waals surface area contributed by atoms with E-state index < -0.39 is 0 Å². The van der Waals surface area contributed by atoms with E-state index in [1.54, 1.807) is 7.11 Å². The highest BCUT2D eigenvalue weighted by Crippen LogP contribution is 2.29. The molecule has 0 fully saturated rings. The van der Waals surface area contributed by atoms with Crippen molar-refractivity contribution in [3.05, 3.63) is 57.8 Å². The summed E-state index contributed by atoms with van der Waals surface area (Å²) in [6.45, 7) is 2.09. The fourth-order valence-corrected chi connectivity index (χ4v) is 2.73. The lowest BCUT2D eigenvalue weighted by molar-refractivity contribution is 0.413. The summed E-state index contributed by atoms with van der Waals surface area (Å²) in [6, 6.07) is 10.3. The van der Waals surface area contributed by atoms with Crippen LogP contribution in [0.15, 0.2) is 41.0 Å². The van der Waals surface area contributed by atoms with Crippen molar-refractivity contribution in [2.45, 2.75) is 19.4 Å². The number of aryl methyl sites for hydroxylation is 1. The van der Waals surface area contributed by atoms with Crippen LogP contribution in [0.4, 0.5) is 0 Å². The third kappa shape index (κ3) is 3.38. The van der Waals surface area contributed by atoms with E-state index in [9.17, 15) is 0 Å². The maximum Gasteiger partial charge on any atom is 0.119 e. The van der Waals surface area contributed by atoms with E-state index in [4.69, 9.17) is 4.74 Å². The largest absolute Gasteiger partial charge is 0.497 e. The molecule has 20 heavy (non-hydrogen) atoms. The Morgan fingerprint density at radius 3 is 2.80 bits per heavy atom. The predicted molar refractivity (Wildman–Crippen MR) is 85.2 cm³/mol. The van der Waals surface area contributed by atoms with E-state index in [-0.39, 0.29) is 6.04 Å². The van der Waals surface area contributed by atoms with Gasteiger partial charge in [-0.15, -0.1) is 0 Å². The van der Waals surface area contributed by atoms with Gasteiger partial charge >= 0.3 is 0 Å². The van der Waals surface area contributed by atoms with Crippen LogP contribution in [0.3, 0.4) is 0 Å². The Hall–Kier alpha value is -1.39. The second-order valence-corrected chi connectivity index (χ2v) is 5.55. The van der Waals surface area contributed by atoms with Crippen LogP contribution in [-0.2, 0) is 6.42 Å². The van der Waals surface area contributed by atoms with Gasteiger partial charge in [0.2, 0.25) is 0 Å². The number of ether oxygens (including phenoxy) is 1. The molecule has 0 amide bonds. The van der Waals surface area contributed by atoms with Crippen LogP contribution < -0.4 is 10.1 Å². The summed E-state index contributed by atoms with van der Waals surface area (Å²) in [6.07, 6.45) is 2.69. The fraction of sp³-hybridized carbons (Fsp3) is 0.312. The number of nitrogens with zero attached hydrogens (tertiary/aromatic N) is 1. The number of hydrogen-bond donors (Lipinski definition) is 1. The lowest BCUT2D eigenvalue weighted by atomic mass is 9.99. The van der Waals surface area contributed by atoms with Crippen LogP contribution in [0.2, 0.25) is 0 Å². The molecule has 1 heterocycles. The number of benzene rings is 1. The minimum Gasteiger partial charge on any atom is -0.497 e. The maximum atomic E-state index is 5.31. The summed E-state index contributed by atoms with van der Waals surface area (Å²) >= 11 is 3.62. The van der Waals surface area contributed by atoms with Gasteiger partial charge in [0.15, 0.2) is 0 Å². The van der Waals surface area contributed by atoms with Crippen molar-refractivity contribution in [3.8, 4) is 5.75 Å². The number of likely N-dealkylation sites (N-methyl/N-ethyl adjacent to an activating group) is 1. The van der Waals surface area contributed by atoms with Crippen molar-refractivity contribution < 1.29 is 4.74 Å². The number of aromatic nitrogens is 1. The Morgan fingerprint density at radius 2 is 2.15 bits per heavy atom. The third-order valence-corrected chi connectivity index (χ3v) is 4.16. The van der Waals surface area contributed by atoms with Gasteiger partial charge in [-0.2, -0.15) is 0 Å². The molecule has 1 unspecified atom stereocenters. The van der Waals surface area contributed by atoms with Crippen LogP contribution in [0.25, 0.3) is 0 Å². The van der Waals surface area contributed by atoms with Crippen molar-refractivity contribution >= 4 is 15.9 Å². The van der Waals surface area contributed by atoms with Crippen LogP contribution in [0, 0.1) is 6.92 Å². The first kappa shape index (κ1) is 15.0. The van der Waals surface area contributed by atoms with Crippen LogP contribution in [-0.4, -0.2) is 19.1 Å². The van der Waals surface area contributed by atoms with Gasteiger partial charge in [-0.25, -0.2) is 0 Å². The highest BCUT2D eigenvalue weighted by atomic mass is 79.9. The first-order valence-electron chi connectivity index (χ1n) is 6.57. The quantitative estimate of drug-likeness (QED) is 0.905. The highest BCUT2D eigenvalue weighted by Gasteiger charge is 2.16. The van der Waals surface area contributed by atoms with Crippen LogP contribution >= 0.6 is 15.9 Å². The van der Waals surface area contributed by atoms with Gasteiger partial charge in [-0.05, 0) is 49.4 Å². The van der Waals surface area contributed by atoms with Crippen molar-refractivity contribution in [3.63, 3.8) is 0 Å². The zero-order valence-corrected chi connectivity index (χ0v) is 13.6. The topological polar surface area (TPSA) is 34.2 Å². The summed E-state index contributed by atoms with van der Waals surface area (Å²) in [5.74, 6) is 0.862. The van der Waals surface area contributed by atoms with Crippen molar-refractivity contribution in [1.29, 1.82) is 0 Å². The van der Waals surface area contributed by atoms with Gasteiger partial charge in [0.05, 0.1) is 7.11 Å². The number of methoxy groups -OCH3 is 1. The highest BCUT2D eigenvalue weighted by molar-refractivity contribution is 9.10. The summed E-state index contributed by atoms with van der Waals surface area (Å²) in [5.41, 5.74) is 3.50. The second kappa shape index (κ2) is 6.86. The molecule has 0 aliphatic heterocycles. The molecule has 0 aliphatic rings. The monoisotopic (exact) mass is 334 g/mol. The summed E-state index contributed by atoms with van der Waals surface area (Å²) in [5, 5.41) is 3.36. The first-order valence-corrected chi connectivity index (χ1v) is 7.36. The van der Waals surface area contributed by atoms with Gasteiger partial charge in [0.25, 0.3) is 0 Å². The molecular formula is C16H19BrN2O. The van der Waals surface area contributed by atoms with Gasteiger partial charge in [0.1, 0.15) is 5.75 Å². The SMILES string of the molecule is CNC(Cc1ncccc1C)c1cc(OC)ccc1Br. The molecule has 0 spiro atoms. The van der Waals surface area contributed by atoms with Crippen LogP contribution in [0.5, 0.6) is 5.75 Å². The Labute approximate surface area is 128 Å². The minimum atomic E-state index is 0.188. The number of rotatable bonds is 5. The lowest BCUT2D eigenvalue weighted by Gasteiger charge is -2.19. The molecule has 3 nitrogen and oxygen atoms in total. The molecule has 0 bridgehead atoms. The van der Waals surface area contributed by atoms with Crippen molar-refractivity contribution in [2.24, 2.45) is 0 Å². The predicted octanol–water partition coefficient (Wildman–Crippen LogP) is 3.66. The fourth-order valence-electron chi connectivity index (χ4n) is 2.21. The summed E-state index contributed by atoms with van der Waals surface area (Å²) in [4.78, 5) is 4.48. The van der Waals surface area contributed by atoms with Crippen molar-refractivity contribution in [2.75, 3.05) is 14.2 Å². The normalized spacial score (nSPS) is 12.2. The van der Waals surface area contributed by atoms with E-state index >= 15 is 0 Å². The zero-order valence-electron chi connectivity index (χ0n) is 12.0. The molecule has 1 aromatic heterocycles. The van der Waals surface area contributed by atoms with Gasteiger partial charge in [-0.1, -0.05) is 22.0 Å². The number of hydrogen-bond acceptors (Lipinski definition) is 3. The van der Waals surface area contributed by atoms with E-state index in [1.807, 2.05) is 31.4 Å². The van der Waals surface area contributed by atoms with E-state index in [0.29, 0.717) is 0 Å². The van der Waals surface area contributed by atoms with E-state index in [1.165, 1.54) is 11.1 Å². The maximum absolute atomic E-state index is 5.31. The minimum absolute atomic E-state index is 0.188. The molecule has 2 rings (SSSR count). The van der Waals surface area contributed by atoms with E-state index in [0.717, 1.165) is 22.3 Å². The first-order chi connectivity index (χ1) is 9.65. The molecule has 106 valence electrons. The second-order valence-electron chi connectivity index (χ2n) is 4.70. The average Bonchev–Trinajstić information content (AvgIpc) is 2.47. The third-order valence-electron chi connectivity index (χ3n) is 3.44. The summed E-state index contributed by atoms with van der Waals surface area (Å²) < 4.78 is 6.39. The number of pyridine rings is 1. The molecule has 4 heteroatoms. The Bertz CT molecular complexity index is 586. The molecule has 1 atom stereocenters. The Balaban J connectivity index is 2.31. The smallest absolute Gasteiger partial charge is 0.119 e. The molecule has 0 radical (unpaired) electrons. The molecule has 2 aromatic rings. The number of nitrogens with one attached hydrogen (secondary N) is 1. The van der Waals surface area contributed by atoms with Gasteiger partial charge < -0.3 is 10.1 Å². The molecule has 0 saturated heterocycles.